The van der Waals surface area contributed by atoms with Gasteiger partial charge in [0.15, 0.2) is 4.87 Å². The highest BCUT2D eigenvalue weighted by molar-refractivity contribution is 8.77. The molecule has 2 atom stereocenters. The summed E-state index contributed by atoms with van der Waals surface area (Å²) in [4.78, 5) is 51.4. The molecule has 0 spiro atoms. The van der Waals surface area contributed by atoms with Crippen molar-refractivity contribution >= 4 is 45.3 Å². The molecule has 0 bridgehead atoms. The first-order chi connectivity index (χ1) is 20.5. The Balaban J connectivity index is 2.47. The van der Waals surface area contributed by atoms with Crippen molar-refractivity contribution in [2.75, 3.05) is 14.2 Å². The molecule has 2 amide bonds. The molecule has 0 aliphatic heterocycles. The molecule has 44 heavy (non-hydrogen) atoms. The number of carbonyl (C=O) groups excluding carboxylic acids is 3. The van der Waals surface area contributed by atoms with Crippen molar-refractivity contribution in [1.29, 1.82) is 0 Å². The van der Waals surface area contributed by atoms with E-state index in [2.05, 4.69) is 10.6 Å². The number of carbonyl (C=O) groups is 4. The van der Waals surface area contributed by atoms with Gasteiger partial charge in [-0.3, -0.25) is 9.59 Å². The van der Waals surface area contributed by atoms with Crippen molar-refractivity contribution in [2.24, 2.45) is 11.8 Å². The molecule has 0 saturated carbocycles. The minimum Gasteiger partial charge on any atom is -0.497 e. The van der Waals surface area contributed by atoms with Crippen molar-refractivity contribution < 1.29 is 38.5 Å². The van der Waals surface area contributed by atoms with Crippen LogP contribution in [0.1, 0.15) is 82.0 Å². The van der Waals surface area contributed by atoms with Crippen LogP contribution in [0.4, 0.5) is 0 Å². The van der Waals surface area contributed by atoms with Crippen LogP contribution in [0.25, 0.3) is 0 Å². The summed E-state index contributed by atoms with van der Waals surface area (Å²) in [6.07, 6.45) is 0.441. The summed E-state index contributed by atoms with van der Waals surface area (Å²) in [5, 5.41) is 16.0. The number of aliphatic carboxylic acids is 1. The van der Waals surface area contributed by atoms with E-state index in [1.165, 1.54) is 20.3 Å². The summed E-state index contributed by atoms with van der Waals surface area (Å²) in [6.45, 7) is 12.9. The molecular weight excluding hydrogens is 604 g/mol. The predicted octanol–water partition coefficient (Wildman–Crippen LogP) is 6.19. The number of carboxylic acid groups (broad SMARTS) is 1. The average Bonchev–Trinajstić information content (AvgIpc) is 2.93. The van der Waals surface area contributed by atoms with E-state index in [-0.39, 0.29) is 29.4 Å². The molecule has 242 valence electrons. The third-order valence-corrected chi connectivity index (χ3v) is 9.11. The smallest absolute Gasteiger partial charge is 0.340 e. The Kier molecular flexibility index (Phi) is 13.5. The van der Waals surface area contributed by atoms with E-state index < -0.39 is 40.3 Å². The highest BCUT2D eigenvalue weighted by Gasteiger charge is 2.43. The maximum atomic E-state index is 13.7. The third-order valence-electron chi connectivity index (χ3n) is 6.10. The number of nitrogens with one attached hydrogen (secondary N) is 2. The molecule has 10 nitrogen and oxygen atoms in total. The highest BCUT2D eigenvalue weighted by Crippen LogP contribution is 2.47. The van der Waals surface area contributed by atoms with E-state index in [0.29, 0.717) is 22.8 Å². The van der Waals surface area contributed by atoms with Crippen LogP contribution in [0.5, 0.6) is 11.5 Å². The first-order valence-electron chi connectivity index (χ1n) is 14.3. The fourth-order valence-electron chi connectivity index (χ4n) is 4.23. The molecule has 0 aromatic heterocycles. The van der Waals surface area contributed by atoms with Gasteiger partial charge >= 0.3 is 11.9 Å². The first-order valence-corrected chi connectivity index (χ1v) is 16.4. The fraction of sp³-hybridized carbons (Fsp3) is 0.500. The topological polar surface area (TPSA) is 140 Å². The summed E-state index contributed by atoms with van der Waals surface area (Å²) in [5.74, 6) is -2.18. The van der Waals surface area contributed by atoms with Crippen LogP contribution in [0, 0.1) is 11.8 Å². The molecule has 2 aromatic rings. The van der Waals surface area contributed by atoms with E-state index in [0.717, 1.165) is 21.6 Å². The van der Waals surface area contributed by atoms with Gasteiger partial charge in [0.2, 0.25) is 0 Å². The van der Waals surface area contributed by atoms with E-state index >= 15 is 0 Å². The minimum absolute atomic E-state index is 0.0848. The average molecular weight is 649 g/mol. The van der Waals surface area contributed by atoms with Crippen molar-refractivity contribution in [1.82, 2.24) is 10.6 Å². The van der Waals surface area contributed by atoms with E-state index in [1.807, 2.05) is 27.7 Å². The van der Waals surface area contributed by atoms with Gasteiger partial charge in [0, 0.05) is 5.56 Å². The first kappa shape index (κ1) is 36.8. The number of amides is 2. The van der Waals surface area contributed by atoms with Crippen LogP contribution in [-0.4, -0.2) is 59.6 Å². The molecule has 0 radical (unpaired) electrons. The Morgan fingerprint density at radius 2 is 1.57 bits per heavy atom. The van der Waals surface area contributed by atoms with E-state index in [4.69, 9.17) is 14.2 Å². The van der Waals surface area contributed by atoms with Crippen LogP contribution in [0.2, 0.25) is 0 Å². The van der Waals surface area contributed by atoms with Crippen molar-refractivity contribution in [3.8, 4) is 11.5 Å². The standard InChI is InChI=1S/C32H44N2O8S2/c1-19(2)16-24(29(37)42-31(5,6)7)33-28(36)23-14-11-15-25(41-9)26(23)43-44-32(30(38)39,18-20(3)4)34-27(35)21-12-10-13-22(17-21)40-8/h10-15,17,19-20,24H,16,18H2,1-9H3,(H,33,36)(H,34,35)(H,38,39). The molecule has 0 fully saturated rings. The lowest BCUT2D eigenvalue weighted by atomic mass is 10.0. The van der Waals surface area contributed by atoms with Crippen LogP contribution < -0.4 is 20.1 Å². The van der Waals surface area contributed by atoms with Crippen molar-refractivity contribution in [3.63, 3.8) is 0 Å². The van der Waals surface area contributed by atoms with Crippen LogP contribution >= 0.6 is 21.6 Å². The molecular formula is C32H44N2O8S2. The fourth-order valence-corrected chi connectivity index (χ4v) is 7.28. The second-order valence-electron chi connectivity index (χ2n) is 12.1. The van der Waals surface area contributed by atoms with E-state index in [1.54, 1.807) is 57.2 Å². The molecule has 2 rings (SSSR count). The lowest BCUT2D eigenvalue weighted by molar-refractivity contribution is -0.157. The zero-order valence-electron chi connectivity index (χ0n) is 26.8. The van der Waals surface area contributed by atoms with Crippen molar-refractivity contribution in [2.45, 2.75) is 82.7 Å². The number of rotatable bonds is 15. The lowest BCUT2D eigenvalue weighted by Crippen LogP contribution is -2.52. The van der Waals surface area contributed by atoms with Gasteiger partial charge in [0.25, 0.3) is 11.8 Å². The molecule has 2 unspecified atom stereocenters. The van der Waals surface area contributed by atoms with Gasteiger partial charge in [-0.05, 0) is 86.6 Å². The molecule has 0 aliphatic rings. The summed E-state index contributed by atoms with van der Waals surface area (Å²) in [5.41, 5.74) is -0.321. The summed E-state index contributed by atoms with van der Waals surface area (Å²) in [7, 11) is 4.82. The number of esters is 1. The van der Waals surface area contributed by atoms with Crippen LogP contribution in [-0.2, 0) is 14.3 Å². The minimum atomic E-state index is -1.77. The summed E-state index contributed by atoms with van der Waals surface area (Å²) < 4.78 is 16.3. The second-order valence-corrected chi connectivity index (χ2v) is 14.5. The Bertz CT molecular complexity index is 1330. The Labute approximate surface area is 267 Å². The number of methoxy groups -OCH3 is 2. The quantitative estimate of drug-likeness (QED) is 0.116. The SMILES string of the molecule is COc1cccc(C(=O)NC(CC(C)C)(SSc2c(OC)cccc2C(=O)NC(CC(C)C)C(=O)OC(C)(C)C)C(=O)O)c1. The van der Waals surface area contributed by atoms with Gasteiger partial charge in [-0.1, -0.05) is 50.6 Å². The zero-order chi connectivity index (χ0) is 33.2. The Hall–Kier alpha value is -3.38. The Morgan fingerprint density at radius 3 is 2.11 bits per heavy atom. The van der Waals surface area contributed by atoms with Gasteiger partial charge in [-0.25, -0.2) is 9.59 Å². The van der Waals surface area contributed by atoms with Crippen LogP contribution in [0.15, 0.2) is 47.4 Å². The molecule has 2 aromatic carbocycles. The van der Waals surface area contributed by atoms with Crippen molar-refractivity contribution in [3.05, 3.63) is 53.6 Å². The predicted molar refractivity (Wildman–Crippen MR) is 173 cm³/mol. The maximum absolute atomic E-state index is 13.7. The van der Waals surface area contributed by atoms with Gasteiger partial charge < -0.3 is 30.0 Å². The molecule has 0 saturated heterocycles. The summed E-state index contributed by atoms with van der Waals surface area (Å²) in [6, 6.07) is 10.4. The number of benzene rings is 2. The largest absolute Gasteiger partial charge is 0.497 e. The highest BCUT2D eigenvalue weighted by atomic mass is 33.1. The third kappa shape index (κ3) is 10.7. The number of hydrogen-bond acceptors (Lipinski definition) is 9. The Morgan fingerprint density at radius 1 is 0.909 bits per heavy atom. The number of ether oxygens (including phenoxy) is 3. The van der Waals surface area contributed by atoms with E-state index in [9.17, 15) is 24.3 Å². The zero-order valence-corrected chi connectivity index (χ0v) is 28.4. The van der Waals surface area contributed by atoms with Crippen LogP contribution in [0.3, 0.4) is 0 Å². The maximum Gasteiger partial charge on any atom is 0.340 e. The monoisotopic (exact) mass is 648 g/mol. The normalized spacial score (nSPS) is 13.5. The van der Waals surface area contributed by atoms with Gasteiger partial charge in [0.05, 0.1) is 24.7 Å². The second kappa shape index (κ2) is 16.1. The number of hydrogen-bond donors (Lipinski definition) is 3. The number of carboxylic acids is 1. The lowest BCUT2D eigenvalue weighted by Gasteiger charge is -2.31. The van der Waals surface area contributed by atoms with Gasteiger partial charge in [-0.15, -0.1) is 0 Å². The summed E-state index contributed by atoms with van der Waals surface area (Å²) >= 11 is 0. The van der Waals surface area contributed by atoms with Gasteiger partial charge in [-0.2, -0.15) is 0 Å². The van der Waals surface area contributed by atoms with Gasteiger partial charge in [0.1, 0.15) is 23.1 Å². The molecule has 0 aliphatic carbocycles. The molecule has 0 heterocycles. The molecule has 3 N–H and O–H groups in total. The molecule has 12 heteroatoms.